The molecule has 0 amide bonds. The van der Waals surface area contributed by atoms with Gasteiger partial charge in [0, 0.05) is 50.2 Å². The molecule has 3 heterocycles. The van der Waals surface area contributed by atoms with Crippen LogP contribution in [0.1, 0.15) is 18.4 Å². The molecule has 1 saturated carbocycles. The summed E-state index contributed by atoms with van der Waals surface area (Å²) in [6.45, 7) is 3.95. The third kappa shape index (κ3) is 2.24. The molecule has 0 atom stereocenters. The Labute approximate surface area is 135 Å². The monoisotopic (exact) mass is 335 g/mol. The van der Waals surface area contributed by atoms with Crippen molar-refractivity contribution in [2.24, 2.45) is 10.6 Å². The number of nitrogens with two attached hydrogens (primary N) is 1. The number of nitrogens with zero attached hydrogens (tertiary/aromatic N) is 4. The Morgan fingerprint density at radius 1 is 1.35 bits per heavy atom. The first-order valence-corrected chi connectivity index (χ1v) is 9.22. The van der Waals surface area contributed by atoms with E-state index < -0.39 is 10.2 Å². The Balaban J connectivity index is 1.48. The van der Waals surface area contributed by atoms with Crippen molar-refractivity contribution in [1.29, 1.82) is 0 Å². The lowest BCUT2D eigenvalue weighted by atomic mass is 9.60. The van der Waals surface area contributed by atoms with Crippen LogP contribution >= 0.6 is 0 Å². The lowest BCUT2D eigenvalue weighted by Gasteiger charge is -2.60. The highest BCUT2D eigenvalue weighted by molar-refractivity contribution is 7.86. The molecule has 2 aliphatic rings. The van der Waals surface area contributed by atoms with Gasteiger partial charge in [0.15, 0.2) is 5.82 Å². The van der Waals surface area contributed by atoms with Crippen LogP contribution in [0, 0.1) is 12.3 Å². The molecule has 1 aliphatic heterocycles. The lowest BCUT2D eigenvalue weighted by Crippen LogP contribution is -2.67. The van der Waals surface area contributed by atoms with Crippen LogP contribution in [0.15, 0.2) is 24.7 Å². The van der Waals surface area contributed by atoms with E-state index in [-0.39, 0.29) is 11.5 Å². The number of hydrogen-bond donors (Lipinski definition) is 1. The van der Waals surface area contributed by atoms with Gasteiger partial charge in [-0.25, -0.2) is 10.1 Å². The topological polar surface area (TPSA) is 83.9 Å². The molecule has 2 aromatic heterocycles. The first-order chi connectivity index (χ1) is 10.8. The van der Waals surface area contributed by atoms with Gasteiger partial charge in [-0.3, -0.25) is 0 Å². The summed E-state index contributed by atoms with van der Waals surface area (Å²) in [6.07, 6.45) is 7.58. The number of aryl methyl sites for hydroxylation is 1. The van der Waals surface area contributed by atoms with Crippen LogP contribution < -0.4 is 10.0 Å². The molecule has 0 bridgehead atoms. The SMILES string of the molecule is Cc1ccn2ccnc(N3CC4(CC(N(C)S(N)(=O)=O)C4)C3)c12. The van der Waals surface area contributed by atoms with Crippen molar-refractivity contribution in [1.82, 2.24) is 13.7 Å². The molecule has 8 heteroatoms. The van der Waals surface area contributed by atoms with E-state index in [1.54, 1.807) is 7.05 Å². The van der Waals surface area contributed by atoms with Gasteiger partial charge in [0.1, 0.15) is 0 Å². The molecule has 124 valence electrons. The highest BCUT2D eigenvalue weighted by atomic mass is 32.2. The van der Waals surface area contributed by atoms with Crippen LogP contribution in [0.5, 0.6) is 0 Å². The van der Waals surface area contributed by atoms with Crippen LogP contribution in [0.2, 0.25) is 0 Å². The molecule has 1 spiro atoms. The van der Waals surface area contributed by atoms with Crippen molar-refractivity contribution in [3.63, 3.8) is 0 Å². The molecule has 23 heavy (non-hydrogen) atoms. The Morgan fingerprint density at radius 2 is 2.04 bits per heavy atom. The number of fused-ring (bicyclic) bond motifs is 1. The van der Waals surface area contributed by atoms with E-state index in [0.29, 0.717) is 0 Å². The molecule has 0 aromatic carbocycles. The van der Waals surface area contributed by atoms with Crippen molar-refractivity contribution in [2.45, 2.75) is 25.8 Å². The fraction of sp³-hybridized carbons (Fsp3) is 0.533. The summed E-state index contributed by atoms with van der Waals surface area (Å²) in [7, 11) is -2.02. The second kappa shape index (κ2) is 4.68. The Hall–Kier alpha value is -1.64. The van der Waals surface area contributed by atoms with Crippen LogP contribution in [0.4, 0.5) is 5.82 Å². The average molecular weight is 335 g/mol. The maximum Gasteiger partial charge on any atom is 0.276 e. The molecule has 2 N–H and O–H groups in total. The van der Waals surface area contributed by atoms with Crippen molar-refractivity contribution < 1.29 is 8.42 Å². The van der Waals surface area contributed by atoms with Gasteiger partial charge < -0.3 is 9.30 Å². The van der Waals surface area contributed by atoms with Gasteiger partial charge in [0.05, 0.1) is 5.52 Å². The molecule has 0 unspecified atom stereocenters. The van der Waals surface area contributed by atoms with Crippen LogP contribution in [-0.2, 0) is 10.2 Å². The average Bonchev–Trinajstić information content (AvgIpc) is 2.77. The summed E-state index contributed by atoms with van der Waals surface area (Å²) in [5, 5.41) is 5.20. The van der Waals surface area contributed by atoms with Gasteiger partial charge in [-0.05, 0) is 31.4 Å². The summed E-state index contributed by atoms with van der Waals surface area (Å²) in [5.41, 5.74) is 2.59. The highest BCUT2D eigenvalue weighted by Gasteiger charge is 2.55. The zero-order valence-electron chi connectivity index (χ0n) is 13.3. The van der Waals surface area contributed by atoms with Crippen LogP contribution in [0.3, 0.4) is 0 Å². The minimum absolute atomic E-state index is 0.0333. The predicted octanol–water partition coefficient (Wildman–Crippen LogP) is 0.747. The molecule has 7 nitrogen and oxygen atoms in total. The molecule has 2 aromatic rings. The summed E-state index contributed by atoms with van der Waals surface area (Å²) >= 11 is 0. The van der Waals surface area contributed by atoms with E-state index in [2.05, 4.69) is 27.3 Å². The van der Waals surface area contributed by atoms with Crippen molar-refractivity contribution in [3.05, 3.63) is 30.2 Å². The highest BCUT2D eigenvalue weighted by Crippen LogP contribution is 2.51. The second-order valence-corrected chi connectivity index (χ2v) is 8.59. The standard InChI is InChI=1S/C15H21N5O2S/c1-11-3-5-19-6-4-17-14(13(11)19)20-9-15(10-20)7-12(8-15)18(2)23(16,21)22/h3-6,12H,7-10H2,1-2H3,(H2,16,21,22). The van der Waals surface area contributed by atoms with Gasteiger partial charge in [-0.1, -0.05) is 0 Å². The molecule has 2 fully saturated rings. The summed E-state index contributed by atoms with van der Waals surface area (Å²) in [4.78, 5) is 6.85. The zero-order chi connectivity index (χ0) is 16.4. The van der Waals surface area contributed by atoms with E-state index in [9.17, 15) is 8.42 Å². The van der Waals surface area contributed by atoms with Crippen molar-refractivity contribution in [2.75, 3.05) is 25.0 Å². The molecule has 1 saturated heterocycles. The van der Waals surface area contributed by atoms with E-state index >= 15 is 0 Å². The van der Waals surface area contributed by atoms with E-state index in [0.717, 1.165) is 37.3 Å². The largest absolute Gasteiger partial charge is 0.354 e. The fourth-order valence-electron chi connectivity index (χ4n) is 4.01. The number of hydrogen-bond acceptors (Lipinski definition) is 4. The number of aromatic nitrogens is 2. The Kier molecular flexibility index (Phi) is 3.04. The van der Waals surface area contributed by atoms with Gasteiger partial charge in [0.25, 0.3) is 10.2 Å². The van der Waals surface area contributed by atoms with E-state index in [4.69, 9.17) is 5.14 Å². The molecule has 4 rings (SSSR count). The first kappa shape index (κ1) is 14.9. The molecular formula is C15H21N5O2S. The first-order valence-electron chi connectivity index (χ1n) is 7.72. The third-order valence-corrected chi connectivity index (χ3v) is 6.46. The van der Waals surface area contributed by atoms with E-state index in [1.807, 2.05) is 18.6 Å². The van der Waals surface area contributed by atoms with Crippen LogP contribution in [-0.4, -0.2) is 48.3 Å². The summed E-state index contributed by atoms with van der Waals surface area (Å²) < 4.78 is 26.2. The summed E-state index contributed by atoms with van der Waals surface area (Å²) in [6, 6.07) is 2.13. The predicted molar refractivity (Wildman–Crippen MR) is 88.5 cm³/mol. The fourth-order valence-corrected chi connectivity index (χ4v) is 4.57. The van der Waals surface area contributed by atoms with Gasteiger partial charge >= 0.3 is 0 Å². The Morgan fingerprint density at radius 3 is 2.70 bits per heavy atom. The maximum atomic E-state index is 11.4. The smallest absolute Gasteiger partial charge is 0.276 e. The third-order valence-electron chi connectivity index (χ3n) is 5.36. The molecule has 1 aliphatic carbocycles. The van der Waals surface area contributed by atoms with Gasteiger partial charge in [0.2, 0.25) is 0 Å². The maximum absolute atomic E-state index is 11.4. The van der Waals surface area contributed by atoms with E-state index in [1.165, 1.54) is 9.87 Å². The number of rotatable bonds is 3. The molecule has 0 radical (unpaired) electrons. The second-order valence-electron chi connectivity index (χ2n) is 6.98. The minimum atomic E-state index is -3.59. The lowest BCUT2D eigenvalue weighted by molar-refractivity contribution is 0.0207. The molecular weight excluding hydrogens is 314 g/mol. The van der Waals surface area contributed by atoms with Crippen molar-refractivity contribution in [3.8, 4) is 0 Å². The quantitative estimate of drug-likeness (QED) is 0.897. The van der Waals surface area contributed by atoms with Gasteiger partial charge in [-0.2, -0.15) is 12.7 Å². The summed E-state index contributed by atoms with van der Waals surface area (Å²) in [5.74, 6) is 1.02. The Bertz CT molecular complexity index is 861. The normalized spacial score (nSPS) is 21.0. The minimum Gasteiger partial charge on any atom is -0.354 e. The zero-order valence-corrected chi connectivity index (χ0v) is 14.1. The van der Waals surface area contributed by atoms with Gasteiger partial charge in [-0.15, -0.1) is 0 Å². The van der Waals surface area contributed by atoms with Crippen LogP contribution in [0.25, 0.3) is 5.52 Å². The number of anilines is 1. The van der Waals surface area contributed by atoms with Crippen molar-refractivity contribution >= 4 is 21.5 Å².